The van der Waals surface area contributed by atoms with Crippen LogP contribution in [0.3, 0.4) is 0 Å². The van der Waals surface area contributed by atoms with E-state index >= 15 is 0 Å². The maximum absolute atomic E-state index is 12.3. The van der Waals surface area contributed by atoms with Crippen LogP contribution in [0.4, 0.5) is 5.82 Å². The van der Waals surface area contributed by atoms with Crippen LogP contribution in [0.5, 0.6) is 0 Å². The summed E-state index contributed by atoms with van der Waals surface area (Å²) < 4.78 is 24.7. The third-order valence-electron chi connectivity index (χ3n) is 5.82. The van der Waals surface area contributed by atoms with E-state index in [9.17, 15) is 8.42 Å². The number of rotatable bonds is 6. The summed E-state index contributed by atoms with van der Waals surface area (Å²) in [6.07, 6.45) is 0.616. The molecule has 6 heteroatoms. The van der Waals surface area contributed by atoms with Crippen LogP contribution < -0.4 is 4.90 Å². The number of nitrogens with zero attached hydrogens (tertiary/aromatic N) is 3. The second-order valence-corrected chi connectivity index (χ2v) is 9.93. The minimum absolute atomic E-state index is 0.175. The molecule has 0 unspecified atom stereocenters. The highest BCUT2D eigenvalue weighted by molar-refractivity contribution is 7.91. The van der Waals surface area contributed by atoms with Crippen LogP contribution in [-0.4, -0.2) is 56.8 Å². The van der Waals surface area contributed by atoms with Crippen molar-refractivity contribution in [2.75, 3.05) is 43.4 Å². The molecule has 0 spiro atoms. The summed E-state index contributed by atoms with van der Waals surface area (Å²) in [6, 6.07) is 17.6. The second kappa shape index (κ2) is 8.74. The Hall–Kier alpha value is -2.44. The Balaban J connectivity index is 1.72. The predicted molar refractivity (Wildman–Crippen MR) is 124 cm³/mol. The molecule has 3 aromatic rings. The molecule has 1 aliphatic rings. The van der Waals surface area contributed by atoms with E-state index in [1.165, 1.54) is 0 Å². The van der Waals surface area contributed by atoms with E-state index in [4.69, 9.17) is 4.98 Å². The standard InChI is InChI=1S/C24H29N3O2S/c1-3-17-30(28,29)21-11-9-19(10-12-21)23-18-20-7-5-6-8-22(20)24(25-23)27-15-13-26(4-2)14-16-27/h5-12,18H,3-4,13-17H2,1-2H3. The zero-order valence-corrected chi connectivity index (χ0v) is 18.5. The number of benzene rings is 2. The Bertz CT molecular complexity index is 1120. The number of anilines is 1. The molecule has 4 rings (SSSR count). The summed E-state index contributed by atoms with van der Waals surface area (Å²) in [7, 11) is -3.21. The summed E-state index contributed by atoms with van der Waals surface area (Å²) in [5.41, 5.74) is 1.81. The van der Waals surface area contributed by atoms with Crippen molar-refractivity contribution in [3.63, 3.8) is 0 Å². The molecule has 1 saturated heterocycles. The molecule has 0 aliphatic carbocycles. The number of pyridine rings is 1. The average molecular weight is 424 g/mol. The molecule has 0 N–H and O–H groups in total. The fourth-order valence-corrected chi connectivity index (χ4v) is 5.39. The van der Waals surface area contributed by atoms with Gasteiger partial charge >= 0.3 is 0 Å². The Kier molecular flexibility index (Phi) is 6.06. The van der Waals surface area contributed by atoms with Crippen LogP contribution >= 0.6 is 0 Å². The lowest BCUT2D eigenvalue weighted by molar-refractivity contribution is 0.271. The van der Waals surface area contributed by atoms with Gasteiger partial charge in [-0.3, -0.25) is 0 Å². The molecule has 0 amide bonds. The third kappa shape index (κ3) is 4.20. The molecule has 1 aliphatic heterocycles. The molecule has 30 heavy (non-hydrogen) atoms. The molecule has 0 bridgehead atoms. The molecular formula is C24H29N3O2S. The largest absolute Gasteiger partial charge is 0.354 e. The Morgan fingerprint density at radius 3 is 2.30 bits per heavy atom. The number of likely N-dealkylation sites (N-methyl/N-ethyl adjacent to an activating group) is 1. The molecule has 0 atom stereocenters. The van der Waals surface area contributed by atoms with Gasteiger partial charge in [0, 0.05) is 37.1 Å². The summed E-state index contributed by atoms with van der Waals surface area (Å²) in [5.74, 6) is 1.19. The fourth-order valence-electron chi connectivity index (χ4n) is 4.06. The van der Waals surface area contributed by atoms with Crippen molar-refractivity contribution in [2.24, 2.45) is 0 Å². The summed E-state index contributed by atoms with van der Waals surface area (Å²) in [5, 5.41) is 2.31. The lowest BCUT2D eigenvalue weighted by Crippen LogP contribution is -2.46. The quantitative estimate of drug-likeness (QED) is 0.594. The van der Waals surface area contributed by atoms with Crippen molar-refractivity contribution < 1.29 is 8.42 Å². The normalized spacial score (nSPS) is 15.6. The molecule has 0 radical (unpaired) electrons. The van der Waals surface area contributed by atoms with Gasteiger partial charge in [0.1, 0.15) is 5.82 Å². The Morgan fingerprint density at radius 1 is 0.933 bits per heavy atom. The molecule has 2 aromatic carbocycles. The zero-order chi connectivity index (χ0) is 21.1. The van der Waals surface area contributed by atoms with Crippen LogP contribution in [0, 0.1) is 0 Å². The highest BCUT2D eigenvalue weighted by Gasteiger charge is 2.20. The Labute approximate surface area is 179 Å². The minimum atomic E-state index is -3.21. The third-order valence-corrected chi connectivity index (χ3v) is 7.76. The molecule has 2 heterocycles. The summed E-state index contributed by atoms with van der Waals surface area (Å²) >= 11 is 0. The van der Waals surface area contributed by atoms with E-state index in [1.54, 1.807) is 12.1 Å². The number of aromatic nitrogens is 1. The first-order valence-corrected chi connectivity index (χ1v) is 12.4. The van der Waals surface area contributed by atoms with Gasteiger partial charge in [-0.1, -0.05) is 50.2 Å². The van der Waals surface area contributed by atoms with Crippen molar-refractivity contribution in [3.8, 4) is 11.3 Å². The van der Waals surface area contributed by atoms with Gasteiger partial charge in [0.2, 0.25) is 0 Å². The summed E-state index contributed by atoms with van der Waals surface area (Å²) in [4.78, 5) is 10.2. The number of sulfone groups is 1. The molecule has 158 valence electrons. The van der Waals surface area contributed by atoms with Crippen LogP contribution in [0.25, 0.3) is 22.0 Å². The van der Waals surface area contributed by atoms with E-state index in [0.717, 1.165) is 60.6 Å². The lowest BCUT2D eigenvalue weighted by Gasteiger charge is -2.35. The van der Waals surface area contributed by atoms with Crippen LogP contribution in [-0.2, 0) is 9.84 Å². The van der Waals surface area contributed by atoms with E-state index in [0.29, 0.717) is 11.3 Å². The van der Waals surface area contributed by atoms with Crippen molar-refractivity contribution in [3.05, 3.63) is 54.6 Å². The first-order chi connectivity index (χ1) is 14.5. The van der Waals surface area contributed by atoms with E-state index in [-0.39, 0.29) is 5.75 Å². The van der Waals surface area contributed by atoms with E-state index in [1.807, 2.05) is 25.1 Å². The van der Waals surface area contributed by atoms with Gasteiger partial charge in [0.25, 0.3) is 0 Å². The monoisotopic (exact) mass is 423 g/mol. The highest BCUT2D eigenvalue weighted by Crippen LogP contribution is 2.31. The van der Waals surface area contributed by atoms with Gasteiger partial charge in [-0.15, -0.1) is 0 Å². The van der Waals surface area contributed by atoms with Gasteiger partial charge in [0.15, 0.2) is 9.84 Å². The van der Waals surface area contributed by atoms with Crippen LogP contribution in [0.1, 0.15) is 20.3 Å². The maximum Gasteiger partial charge on any atom is 0.178 e. The van der Waals surface area contributed by atoms with Gasteiger partial charge in [0.05, 0.1) is 16.3 Å². The number of hydrogen-bond acceptors (Lipinski definition) is 5. The van der Waals surface area contributed by atoms with Gasteiger partial charge < -0.3 is 9.80 Å². The fraction of sp³-hybridized carbons (Fsp3) is 0.375. The second-order valence-electron chi connectivity index (χ2n) is 7.82. The van der Waals surface area contributed by atoms with Crippen LogP contribution in [0.15, 0.2) is 59.5 Å². The molecule has 0 saturated carbocycles. The molecule has 1 fully saturated rings. The van der Waals surface area contributed by atoms with Gasteiger partial charge in [-0.25, -0.2) is 13.4 Å². The van der Waals surface area contributed by atoms with Crippen molar-refractivity contribution >= 4 is 26.4 Å². The van der Waals surface area contributed by atoms with Gasteiger partial charge in [-0.05, 0) is 36.6 Å². The van der Waals surface area contributed by atoms with Crippen molar-refractivity contribution in [2.45, 2.75) is 25.2 Å². The SMILES string of the molecule is CCCS(=O)(=O)c1ccc(-c2cc3ccccc3c(N3CCN(CC)CC3)n2)cc1. The summed E-state index contributed by atoms with van der Waals surface area (Å²) in [6.45, 7) is 9.17. The highest BCUT2D eigenvalue weighted by atomic mass is 32.2. The number of hydrogen-bond donors (Lipinski definition) is 0. The number of fused-ring (bicyclic) bond motifs is 1. The molecule has 5 nitrogen and oxygen atoms in total. The smallest absolute Gasteiger partial charge is 0.178 e. The molecule has 1 aromatic heterocycles. The Morgan fingerprint density at radius 2 is 1.63 bits per heavy atom. The van der Waals surface area contributed by atoms with Crippen molar-refractivity contribution in [1.82, 2.24) is 9.88 Å². The zero-order valence-electron chi connectivity index (χ0n) is 17.7. The first kappa shape index (κ1) is 20.8. The van der Waals surface area contributed by atoms with Crippen molar-refractivity contribution in [1.29, 1.82) is 0 Å². The predicted octanol–water partition coefficient (Wildman–Crippen LogP) is 4.23. The maximum atomic E-state index is 12.3. The number of piperazine rings is 1. The molecular weight excluding hydrogens is 394 g/mol. The van der Waals surface area contributed by atoms with E-state index in [2.05, 4.69) is 41.0 Å². The average Bonchev–Trinajstić information content (AvgIpc) is 2.78. The van der Waals surface area contributed by atoms with E-state index < -0.39 is 9.84 Å². The topological polar surface area (TPSA) is 53.5 Å². The minimum Gasteiger partial charge on any atom is -0.354 e. The van der Waals surface area contributed by atoms with Crippen LogP contribution in [0.2, 0.25) is 0 Å². The first-order valence-electron chi connectivity index (χ1n) is 10.7. The van der Waals surface area contributed by atoms with Gasteiger partial charge in [-0.2, -0.15) is 0 Å². The lowest BCUT2D eigenvalue weighted by atomic mass is 10.1.